The lowest BCUT2D eigenvalue weighted by Gasteiger charge is -2.06. The van der Waals surface area contributed by atoms with Crippen molar-refractivity contribution in [2.45, 2.75) is 6.92 Å². The zero-order valence-corrected chi connectivity index (χ0v) is 19.3. The minimum absolute atomic E-state index is 0.247. The normalized spacial score (nSPS) is 10.5. The molecule has 0 heterocycles. The number of nitrogens with one attached hydrogen (secondary N) is 2. The third kappa shape index (κ3) is 7.71. The highest BCUT2D eigenvalue weighted by atomic mass is 16.5. The smallest absolute Gasteiger partial charge is 0.343 e. The Balaban J connectivity index is 1.47. The SMILES string of the molecule is CCOc1ccc(C(=O)NCC(=O)N/N=C/c2cccc(OC(=O)c3ccc(OC)cc3)c2)cc1. The maximum atomic E-state index is 12.3. The Bertz CT molecular complexity index is 1190. The fourth-order valence-corrected chi connectivity index (χ4v) is 2.90. The van der Waals surface area contributed by atoms with Crippen molar-refractivity contribution < 1.29 is 28.6 Å². The number of hydrogen-bond donors (Lipinski definition) is 2. The summed E-state index contributed by atoms with van der Waals surface area (Å²) in [4.78, 5) is 36.5. The number of carbonyl (C=O) groups excluding carboxylic acids is 3. The average molecular weight is 476 g/mol. The van der Waals surface area contributed by atoms with E-state index in [4.69, 9.17) is 14.2 Å². The molecule has 0 bridgehead atoms. The van der Waals surface area contributed by atoms with Crippen LogP contribution in [-0.4, -0.2) is 44.3 Å². The number of benzene rings is 3. The number of carbonyl (C=O) groups is 3. The molecule has 35 heavy (non-hydrogen) atoms. The molecule has 180 valence electrons. The Labute approximate surface area is 202 Å². The summed E-state index contributed by atoms with van der Waals surface area (Å²) in [5.74, 6) is 0.219. The predicted octanol–water partition coefficient (Wildman–Crippen LogP) is 3.19. The molecule has 3 aromatic rings. The average Bonchev–Trinajstić information content (AvgIpc) is 2.88. The van der Waals surface area contributed by atoms with Crippen LogP contribution in [0.3, 0.4) is 0 Å². The number of hydrazone groups is 1. The van der Waals surface area contributed by atoms with Crippen molar-refractivity contribution in [3.8, 4) is 17.2 Å². The molecule has 2 amide bonds. The van der Waals surface area contributed by atoms with Gasteiger partial charge in [-0.1, -0.05) is 12.1 Å². The first-order valence-corrected chi connectivity index (χ1v) is 10.8. The van der Waals surface area contributed by atoms with Gasteiger partial charge >= 0.3 is 5.97 Å². The largest absolute Gasteiger partial charge is 0.497 e. The Kier molecular flexibility index (Phi) is 8.95. The van der Waals surface area contributed by atoms with Crippen molar-refractivity contribution in [2.75, 3.05) is 20.3 Å². The highest BCUT2D eigenvalue weighted by molar-refractivity contribution is 5.96. The van der Waals surface area contributed by atoms with Crippen LogP contribution in [0.4, 0.5) is 0 Å². The van der Waals surface area contributed by atoms with E-state index in [1.54, 1.807) is 79.9 Å². The summed E-state index contributed by atoms with van der Waals surface area (Å²) in [6, 6.07) is 19.8. The predicted molar refractivity (Wildman–Crippen MR) is 130 cm³/mol. The number of rotatable bonds is 10. The first-order valence-electron chi connectivity index (χ1n) is 10.8. The van der Waals surface area contributed by atoms with Gasteiger partial charge in [-0.05, 0) is 73.2 Å². The van der Waals surface area contributed by atoms with Gasteiger partial charge in [0, 0.05) is 5.56 Å². The van der Waals surface area contributed by atoms with E-state index in [0.717, 1.165) is 0 Å². The van der Waals surface area contributed by atoms with Crippen molar-refractivity contribution in [1.29, 1.82) is 0 Å². The van der Waals surface area contributed by atoms with Crippen LogP contribution in [0, 0.1) is 0 Å². The molecule has 0 spiro atoms. The maximum absolute atomic E-state index is 12.3. The van der Waals surface area contributed by atoms with E-state index in [2.05, 4.69) is 15.8 Å². The molecule has 3 rings (SSSR count). The van der Waals surface area contributed by atoms with Crippen molar-refractivity contribution >= 4 is 24.0 Å². The number of amides is 2. The van der Waals surface area contributed by atoms with E-state index in [1.807, 2.05) is 6.92 Å². The number of hydrogen-bond acceptors (Lipinski definition) is 7. The molecular weight excluding hydrogens is 450 g/mol. The molecule has 0 aliphatic heterocycles. The number of nitrogens with zero attached hydrogens (tertiary/aromatic N) is 1. The van der Waals surface area contributed by atoms with Crippen molar-refractivity contribution in [2.24, 2.45) is 5.10 Å². The van der Waals surface area contributed by atoms with Gasteiger partial charge in [0.05, 0.1) is 32.0 Å². The first-order chi connectivity index (χ1) is 17.0. The van der Waals surface area contributed by atoms with Gasteiger partial charge in [-0.25, -0.2) is 10.2 Å². The Morgan fingerprint density at radius 3 is 2.26 bits per heavy atom. The second-order valence-corrected chi connectivity index (χ2v) is 7.12. The third-order valence-electron chi connectivity index (χ3n) is 4.63. The minimum atomic E-state index is -0.515. The van der Waals surface area contributed by atoms with Gasteiger partial charge in [-0.15, -0.1) is 0 Å². The quantitative estimate of drug-likeness (QED) is 0.201. The second kappa shape index (κ2) is 12.5. The molecule has 0 saturated carbocycles. The maximum Gasteiger partial charge on any atom is 0.343 e. The molecule has 0 atom stereocenters. The summed E-state index contributed by atoms with van der Waals surface area (Å²) in [5, 5.41) is 6.40. The fourth-order valence-electron chi connectivity index (χ4n) is 2.90. The van der Waals surface area contributed by atoms with Crippen LogP contribution in [0.2, 0.25) is 0 Å². The Morgan fingerprint density at radius 1 is 0.886 bits per heavy atom. The standard InChI is InChI=1S/C26H25N3O6/c1-3-34-22-13-7-19(8-14-22)25(31)27-17-24(30)29-28-16-18-5-4-6-23(15-18)35-26(32)20-9-11-21(33-2)12-10-20/h4-16H,3,17H2,1-2H3,(H,27,31)(H,29,30)/b28-16+. The zero-order valence-electron chi connectivity index (χ0n) is 19.3. The van der Waals surface area contributed by atoms with Gasteiger partial charge in [-0.2, -0.15) is 5.10 Å². The summed E-state index contributed by atoms with van der Waals surface area (Å²) in [7, 11) is 1.54. The molecule has 0 fully saturated rings. The summed E-state index contributed by atoms with van der Waals surface area (Å²) in [5.41, 5.74) is 3.72. The lowest BCUT2D eigenvalue weighted by Crippen LogP contribution is -2.34. The molecule has 0 aliphatic carbocycles. The van der Waals surface area contributed by atoms with Crippen LogP contribution >= 0.6 is 0 Å². The first kappa shape index (κ1) is 25.0. The van der Waals surface area contributed by atoms with Gasteiger partial charge in [0.15, 0.2) is 0 Å². The monoisotopic (exact) mass is 475 g/mol. The topological polar surface area (TPSA) is 115 Å². The van der Waals surface area contributed by atoms with E-state index in [1.165, 1.54) is 6.21 Å². The van der Waals surface area contributed by atoms with Gasteiger partial charge in [0.1, 0.15) is 17.2 Å². The Morgan fingerprint density at radius 2 is 1.57 bits per heavy atom. The number of esters is 1. The summed E-state index contributed by atoms with van der Waals surface area (Å²) in [6.07, 6.45) is 1.40. The molecule has 0 saturated heterocycles. The van der Waals surface area contributed by atoms with E-state index in [-0.39, 0.29) is 6.54 Å². The molecule has 0 radical (unpaired) electrons. The highest BCUT2D eigenvalue weighted by Gasteiger charge is 2.10. The molecule has 0 aliphatic rings. The lowest BCUT2D eigenvalue weighted by atomic mass is 10.2. The fraction of sp³-hybridized carbons (Fsp3) is 0.154. The van der Waals surface area contributed by atoms with Gasteiger partial charge in [0.2, 0.25) is 0 Å². The van der Waals surface area contributed by atoms with E-state index < -0.39 is 17.8 Å². The van der Waals surface area contributed by atoms with Crippen molar-refractivity contribution in [3.63, 3.8) is 0 Å². The third-order valence-corrected chi connectivity index (χ3v) is 4.63. The van der Waals surface area contributed by atoms with E-state index in [9.17, 15) is 14.4 Å². The molecular formula is C26H25N3O6. The molecule has 0 aromatic heterocycles. The number of ether oxygens (including phenoxy) is 3. The van der Waals surface area contributed by atoms with Crippen LogP contribution < -0.4 is 25.0 Å². The van der Waals surface area contributed by atoms with Crippen LogP contribution in [0.25, 0.3) is 0 Å². The van der Waals surface area contributed by atoms with Crippen LogP contribution in [0.15, 0.2) is 77.9 Å². The zero-order chi connectivity index (χ0) is 25.0. The highest BCUT2D eigenvalue weighted by Crippen LogP contribution is 2.16. The summed E-state index contributed by atoms with van der Waals surface area (Å²) < 4.78 is 15.8. The van der Waals surface area contributed by atoms with Crippen LogP contribution in [-0.2, 0) is 4.79 Å². The van der Waals surface area contributed by atoms with Crippen molar-refractivity contribution in [3.05, 3.63) is 89.5 Å². The van der Waals surface area contributed by atoms with E-state index in [0.29, 0.717) is 40.5 Å². The van der Waals surface area contributed by atoms with Gasteiger partial charge in [-0.3, -0.25) is 9.59 Å². The molecule has 0 unspecified atom stereocenters. The lowest BCUT2D eigenvalue weighted by molar-refractivity contribution is -0.120. The van der Waals surface area contributed by atoms with Crippen LogP contribution in [0.1, 0.15) is 33.2 Å². The second-order valence-electron chi connectivity index (χ2n) is 7.12. The summed E-state index contributed by atoms with van der Waals surface area (Å²) in [6.45, 7) is 2.16. The molecule has 3 aromatic carbocycles. The Hall–Kier alpha value is -4.66. The van der Waals surface area contributed by atoms with E-state index >= 15 is 0 Å². The van der Waals surface area contributed by atoms with Gasteiger partial charge in [0.25, 0.3) is 11.8 Å². The molecule has 9 heteroatoms. The molecule has 2 N–H and O–H groups in total. The van der Waals surface area contributed by atoms with Gasteiger partial charge < -0.3 is 19.5 Å². The van der Waals surface area contributed by atoms with Crippen LogP contribution in [0.5, 0.6) is 17.2 Å². The molecule has 9 nitrogen and oxygen atoms in total. The summed E-state index contributed by atoms with van der Waals surface area (Å²) >= 11 is 0. The van der Waals surface area contributed by atoms with Crippen molar-refractivity contribution in [1.82, 2.24) is 10.7 Å². The number of methoxy groups -OCH3 is 1. The minimum Gasteiger partial charge on any atom is -0.497 e.